The Morgan fingerprint density at radius 2 is 1.31 bits per heavy atom. The first-order valence-corrected chi connectivity index (χ1v) is 6.32. The van der Waals surface area contributed by atoms with E-state index in [-0.39, 0.29) is 0 Å². The summed E-state index contributed by atoms with van der Waals surface area (Å²) in [6.07, 6.45) is 7.13. The van der Waals surface area contributed by atoms with Crippen LogP contribution in [0.4, 0.5) is 0 Å². The lowest BCUT2D eigenvalue weighted by Gasteiger charge is -2.30. The lowest BCUT2D eigenvalue weighted by Crippen LogP contribution is -2.31. The second-order valence-corrected chi connectivity index (χ2v) is 4.83. The highest BCUT2D eigenvalue weighted by atomic mass is 16.6. The molecule has 0 amide bonds. The van der Waals surface area contributed by atoms with Gasteiger partial charge in [-0.05, 0) is 12.8 Å². The smallest absolute Gasteiger partial charge is 0.122 e. The van der Waals surface area contributed by atoms with E-state index in [9.17, 15) is 0 Å². The fourth-order valence-electron chi connectivity index (χ4n) is 3.08. The highest BCUT2D eigenvalue weighted by Crippen LogP contribution is 2.35. The van der Waals surface area contributed by atoms with E-state index in [2.05, 4.69) is 10.3 Å². The minimum absolute atomic E-state index is 0.566. The number of rotatable bonds is 2. The Morgan fingerprint density at radius 3 is 1.69 bits per heavy atom. The van der Waals surface area contributed by atoms with Crippen molar-refractivity contribution in [3.05, 3.63) is 0 Å². The van der Waals surface area contributed by atoms with Crippen LogP contribution in [0.5, 0.6) is 0 Å². The second-order valence-electron chi connectivity index (χ2n) is 4.83. The summed E-state index contributed by atoms with van der Waals surface area (Å²) in [6, 6.07) is 0. The highest BCUT2D eigenvalue weighted by Gasteiger charge is 2.35. The summed E-state index contributed by atoms with van der Waals surface area (Å²) in [7, 11) is 0. The van der Waals surface area contributed by atoms with Gasteiger partial charge in [0.15, 0.2) is 0 Å². The van der Waals surface area contributed by atoms with Crippen molar-refractivity contribution < 1.29 is 9.68 Å². The molecule has 2 heterocycles. The van der Waals surface area contributed by atoms with Gasteiger partial charge in [0.25, 0.3) is 0 Å². The first-order chi connectivity index (χ1) is 7.95. The minimum atomic E-state index is 0.566. The molecule has 0 radical (unpaired) electrons. The van der Waals surface area contributed by atoms with Crippen molar-refractivity contribution in [1.29, 1.82) is 0 Å². The van der Waals surface area contributed by atoms with Crippen molar-refractivity contribution in [2.45, 2.75) is 38.5 Å². The minimum Gasteiger partial charge on any atom is -0.395 e. The fraction of sp³-hybridized carbons (Fsp3) is 0.833. The molecule has 0 aromatic carbocycles. The molecule has 4 nitrogen and oxygen atoms in total. The summed E-state index contributed by atoms with van der Waals surface area (Å²) in [6.45, 7) is 1.53. The van der Waals surface area contributed by atoms with Gasteiger partial charge in [-0.3, -0.25) is 0 Å². The van der Waals surface area contributed by atoms with Crippen LogP contribution in [-0.4, -0.2) is 24.6 Å². The Hall–Kier alpha value is -1.06. The zero-order valence-electron chi connectivity index (χ0n) is 9.52. The van der Waals surface area contributed by atoms with E-state index >= 15 is 0 Å². The topological polar surface area (TPSA) is 43.2 Å². The molecule has 0 aromatic heterocycles. The summed E-state index contributed by atoms with van der Waals surface area (Å²) >= 11 is 0. The Morgan fingerprint density at radius 1 is 0.812 bits per heavy atom. The molecule has 2 unspecified atom stereocenters. The predicted molar refractivity (Wildman–Crippen MR) is 61.5 cm³/mol. The molecule has 0 saturated heterocycles. The van der Waals surface area contributed by atoms with Crippen molar-refractivity contribution in [2.24, 2.45) is 22.1 Å². The van der Waals surface area contributed by atoms with Crippen molar-refractivity contribution >= 4 is 11.4 Å². The van der Waals surface area contributed by atoms with Gasteiger partial charge in [-0.15, -0.1) is 0 Å². The zero-order valence-corrected chi connectivity index (χ0v) is 9.52. The van der Waals surface area contributed by atoms with Crippen molar-refractivity contribution in [3.63, 3.8) is 0 Å². The largest absolute Gasteiger partial charge is 0.395 e. The van der Waals surface area contributed by atoms with E-state index in [1.807, 2.05) is 0 Å². The highest BCUT2D eigenvalue weighted by molar-refractivity contribution is 5.95. The Bertz CT molecular complexity index is 293. The second kappa shape index (κ2) is 4.44. The molecular formula is C12H18N2O2. The van der Waals surface area contributed by atoms with Crippen LogP contribution in [0.1, 0.15) is 38.5 Å². The summed E-state index contributed by atoms with van der Waals surface area (Å²) < 4.78 is 0. The van der Waals surface area contributed by atoms with E-state index in [0.29, 0.717) is 11.8 Å². The molecule has 3 rings (SSSR count). The molecular weight excluding hydrogens is 204 g/mol. The molecule has 3 aliphatic rings. The Labute approximate surface area is 95.7 Å². The van der Waals surface area contributed by atoms with E-state index in [0.717, 1.165) is 26.1 Å². The van der Waals surface area contributed by atoms with E-state index in [1.54, 1.807) is 0 Å². The summed E-state index contributed by atoms with van der Waals surface area (Å²) in [5, 5.41) is 8.40. The quantitative estimate of drug-likeness (QED) is 0.719. The van der Waals surface area contributed by atoms with Crippen LogP contribution in [0.3, 0.4) is 0 Å². The molecule has 1 saturated carbocycles. The fourth-order valence-corrected chi connectivity index (χ4v) is 3.08. The van der Waals surface area contributed by atoms with Gasteiger partial charge in [0, 0.05) is 24.7 Å². The number of hydrogen-bond donors (Lipinski definition) is 0. The lowest BCUT2D eigenvalue weighted by atomic mass is 9.73. The number of nitrogens with zero attached hydrogens (tertiary/aromatic N) is 2. The summed E-state index contributed by atoms with van der Waals surface area (Å²) in [5.41, 5.74) is 2.53. The van der Waals surface area contributed by atoms with E-state index in [1.165, 1.54) is 37.1 Å². The van der Waals surface area contributed by atoms with Crippen LogP contribution in [0.15, 0.2) is 10.3 Å². The first kappa shape index (κ1) is 10.1. The average Bonchev–Trinajstić information content (AvgIpc) is 3.03. The Balaban J connectivity index is 1.77. The third kappa shape index (κ3) is 1.81. The van der Waals surface area contributed by atoms with Gasteiger partial charge < -0.3 is 9.68 Å². The molecule has 0 bridgehead atoms. The molecule has 2 atom stereocenters. The van der Waals surface area contributed by atoms with Crippen LogP contribution in [0.2, 0.25) is 0 Å². The maximum Gasteiger partial charge on any atom is 0.122 e. The third-order valence-corrected chi connectivity index (χ3v) is 3.88. The standard InChI is InChI=1S/C12H18N2O2/c1-2-4-10(12-6-8-16-14-12)9(3-1)11-5-7-15-13-11/h9-10H,1-8H2. The third-order valence-electron chi connectivity index (χ3n) is 3.88. The van der Waals surface area contributed by atoms with Gasteiger partial charge >= 0.3 is 0 Å². The van der Waals surface area contributed by atoms with Gasteiger partial charge in [0.2, 0.25) is 0 Å². The predicted octanol–water partition coefficient (Wildman–Crippen LogP) is 2.35. The first-order valence-electron chi connectivity index (χ1n) is 6.32. The van der Waals surface area contributed by atoms with Crippen LogP contribution in [0.25, 0.3) is 0 Å². The number of oxime groups is 2. The molecule has 0 spiro atoms. The van der Waals surface area contributed by atoms with Gasteiger partial charge in [-0.1, -0.05) is 23.2 Å². The maximum atomic E-state index is 5.14. The average molecular weight is 222 g/mol. The van der Waals surface area contributed by atoms with Crippen molar-refractivity contribution in [3.8, 4) is 0 Å². The Kier molecular flexibility index (Phi) is 2.80. The van der Waals surface area contributed by atoms with Gasteiger partial charge in [0.05, 0.1) is 11.4 Å². The van der Waals surface area contributed by atoms with Crippen LogP contribution >= 0.6 is 0 Å². The van der Waals surface area contributed by atoms with Gasteiger partial charge in [-0.2, -0.15) is 0 Å². The molecule has 4 heteroatoms. The molecule has 0 N–H and O–H groups in total. The van der Waals surface area contributed by atoms with Crippen molar-refractivity contribution in [2.75, 3.05) is 13.2 Å². The van der Waals surface area contributed by atoms with Crippen LogP contribution in [0, 0.1) is 11.8 Å². The zero-order chi connectivity index (χ0) is 10.8. The van der Waals surface area contributed by atoms with Gasteiger partial charge in [0.1, 0.15) is 13.2 Å². The van der Waals surface area contributed by atoms with Crippen LogP contribution in [-0.2, 0) is 9.68 Å². The molecule has 1 aliphatic carbocycles. The van der Waals surface area contributed by atoms with Gasteiger partial charge in [-0.25, -0.2) is 0 Å². The summed E-state index contributed by atoms with van der Waals surface area (Å²) in [5.74, 6) is 1.13. The molecule has 0 aromatic rings. The summed E-state index contributed by atoms with van der Waals surface area (Å²) in [4.78, 5) is 10.3. The van der Waals surface area contributed by atoms with E-state index < -0.39 is 0 Å². The van der Waals surface area contributed by atoms with E-state index in [4.69, 9.17) is 9.68 Å². The normalized spacial score (nSPS) is 34.0. The maximum absolute atomic E-state index is 5.14. The van der Waals surface area contributed by atoms with Crippen LogP contribution < -0.4 is 0 Å². The van der Waals surface area contributed by atoms with Crippen molar-refractivity contribution in [1.82, 2.24) is 0 Å². The molecule has 88 valence electrons. The monoisotopic (exact) mass is 222 g/mol. The molecule has 2 aliphatic heterocycles. The SMILES string of the molecule is C1CCC(C2=NOCC2)C(C2=NOCC2)C1. The molecule has 1 fully saturated rings. The number of hydrogen-bond acceptors (Lipinski definition) is 4. The lowest BCUT2D eigenvalue weighted by molar-refractivity contribution is 0.172. The molecule has 16 heavy (non-hydrogen) atoms.